The highest BCUT2D eigenvalue weighted by Gasteiger charge is 2.21. The lowest BCUT2D eigenvalue weighted by Gasteiger charge is -2.31. The van der Waals surface area contributed by atoms with E-state index in [1.165, 1.54) is 13.3 Å². The molecule has 88 valence electrons. The summed E-state index contributed by atoms with van der Waals surface area (Å²) >= 11 is 2.02. The maximum Gasteiger partial charge on any atom is 0.196 e. The van der Waals surface area contributed by atoms with Crippen LogP contribution < -0.4 is 4.90 Å². The fourth-order valence-corrected chi connectivity index (χ4v) is 3.03. The molecule has 0 aromatic carbocycles. The summed E-state index contributed by atoms with van der Waals surface area (Å²) in [4.78, 5) is 13.4. The molecule has 0 aliphatic carbocycles. The van der Waals surface area contributed by atoms with E-state index in [0.29, 0.717) is 11.0 Å². The van der Waals surface area contributed by atoms with Crippen LogP contribution in [0.1, 0.15) is 30.8 Å². The summed E-state index contributed by atoms with van der Waals surface area (Å²) in [5.74, 6) is 2.42. The third kappa shape index (κ3) is 2.43. The van der Waals surface area contributed by atoms with Crippen molar-refractivity contribution in [3.8, 4) is 0 Å². The van der Waals surface area contributed by atoms with E-state index in [2.05, 4.69) is 11.8 Å². The second-order valence-corrected chi connectivity index (χ2v) is 5.45. The van der Waals surface area contributed by atoms with Crippen LogP contribution in [0.4, 0.5) is 5.88 Å². The second-order valence-electron chi connectivity index (χ2n) is 4.04. The minimum atomic E-state index is -0.00956. The maximum atomic E-state index is 11.1. The number of nitrogens with zero attached hydrogens (tertiary/aromatic N) is 1. The molecule has 1 saturated heterocycles. The number of hydrogen-bond acceptors (Lipinski definition) is 4. The highest BCUT2D eigenvalue weighted by Crippen LogP contribution is 2.27. The molecule has 1 fully saturated rings. The Labute approximate surface area is 100 Å². The smallest absolute Gasteiger partial charge is 0.196 e. The number of anilines is 1. The first-order valence-corrected chi connectivity index (χ1v) is 6.73. The molecule has 1 unspecified atom stereocenters. The number of furan rings is 1. The van der Waals surface area contributed by atoms with Gasteiger partial charge in [0.05, 0.1) is 0 Å². The van der Waals surface area contributed by atoms with Crippen LogP contribution in [-0.4, -0.2) is 29.9 Å². The van der Waals surface area contributed by atoms with Crippen LogP contribution in [0.15, 0.2) is 16.5 Å². The monoisotopic (exact) mass is 239 g/mol. The van der Waals surface area contributed by atoms with Crippen molar-refractivity contribution in [1.29, 1.82) is 0 Å². The van der Waals surface area contributed by atoms with Crippen LogP contribution >= 0.6 is 11.8 Å². The van der Waals surface area contributed by atoms with Crippen molar-refractivity contribution in [1.82, 2.24) is 0 Å². The van der Waals surface area contributed by atoms with Gasteiger partial charge in [0.1, 0.15) is 0 Å². The van der Waals surface area contributed by atoms with Gasteiger partial charge in [-0.1, -0.05) is 6.92 Å². The van der Waals surface area contributed by atoms with E-state index in [1.807, 2.05) is 17.8 Å². The van der Waals surface area contributed by atoms with Crippen molar-refractivity contribution in [2.45, 2.75) is 25.5 Å². The van der Waals surface area contributed by atoms with Crippen molar-refractivity contribution in [2.75, 3.05) is 23.7 Å². The lowest BCUT2D eigenvalue weighted by Crippen LogP contribution is -2.37. The average Bonchev–Trinajstić information content (AvgIpc) is 2.78. The third-order valence-electron chi connectivity index (χ3n) is 2.84. The molecule has 1 aromatic heterocycles. The lowest BCUT2D eigenvalue weighted by atomic mass is 10.3. The third-order valence-corrected chi connectivity index (χ3v) is 4.22. The van der Waals surface area contributed by atoms with E-state index in [9.17, 15) is 4.79 Å². The molecule has 0 radical (unpaired) electrons. The number of Topliss-reactive ketones (excluding diaryl/α,β-unsaturated/α-hetero) is 1. The minimum absolute atomic E-state index is 0.00956. The van der Waals surface area contributed by atoms with Crippen LogP contribution in [-0.2, 0) is 0 Å². The predicted octanol–water partition coefficient (Wildman–Crippen LogP) is 2.81. The second kappa shape index (κ2) is 4.95. The van der Waals surface area contributed by atoms with Crippen LogP contribution in [0.2, 0.25) is 0 Å². The van der Waals surface area contributed by atoms with Crippen LogP contribution in [0.25, 0.3) is 0 Å². The summed E-state index contributed by atoms with van der Waals surface area (Å²) in [6.45, 7) is 5.77. The molecule has 16 heavy (non-hydrogen) atoms. The molecule has 0 spiro atoms. The quantitative estimate of drug-likeness (QED) is 0.759. The molecular weight excluding hydrogens is 222 g/mol. The summed E-state index contributed by atoms with van der Waals surface area (Å²) in [6.07, 6.45) is 1.18. The van der Waals surface area contributed by atoms with Crippen molar-refractivity contribution in [3.05, 3.63) is 17.9 Å². The molecule has 0 saturated carbocycles. The Hall–Kier alpha value is -0.900. The molecule has 3 nitrogen and oxygen atoms in total. The molecular formula is C12H17NO2S. The molecule has 1 aliphatic rings. The first-order valence-electron chi connectivity index (χ1n) is 5.68. The van der Waals surface area contributed by atoms with Gasteiger partial charge < -0.3 is 9.32 Å². The Morgan fingerprint density at radius 1 is 1.62 bits per heavy atom. The molecule has 1 aromatic rings. The Morgan fingerprint density at radius 2 is 2.44 bits per heavy atom. The van der Waals surface area contributed by atoms with Gasteiger partial charge >= 0.3 is 0 Å². The van der Waals surface area contributed by atoms with Gasteiger partial charge in [-0.2, -0.15) is 11.8 Å². The Kier molecular flexibility index (Phi) is 3.59. The van der Waals surface area contributed by atoms with Crippen LogP contribution in [0.3, 0.4) is 0 Å². The number of thioether (sulfide) groups is 1. The molecule has 1 aliphatic heterocycles. The standard InChI is InChI=1S/C12H17NO2S/c1-3-10-8-13(6-7-16-10)12-5-4-11(15-12)9(2)14/h4-5,10H,3,6-8H2,1-2H3. The van der Waals surface area contributed by atoms with Gasteiger partial charge in [-0.25, -0.2) is 0 Å². The number of carbonyl (C=O) groups excluding carboxylic acids is 1. The van der Waals surface area contributed by atoms with Gasteiger partial charge in [-0.05, 0) is 12.5 Å². The van der Waals surface area contributed by atoms with Gasteiger partial charge in [0.2, 0.25) is 0 Å². The number of ketones is 1. The first kappa shape index (κ1) is 11.6. The van der Waals surface area contributed by atoms with E-state index in [0.717, 1.165) is 24.7 Å². The van der Waals surface area contributed by atoms with Crippen molar-refractivity contribution in [3.63, 3.8) is 0 Å². The van der Waals surface area contributed by atoms with E-state index in [-0.39, 0.29) is 5.78 Å². The minimum Gasteiger partial charge on any atom is -0.437 e. The Bertz CT molecular complexity index is 375. The SMILES string of the molecule is CCC1CN(c2ccc(C(C)=O)o2)CCS1. The van der Waals surface area contributed by atoms with E-state index < -0.39 is 0 Å². The molecule has 0 N–H and O–H groups in total. The number of hydrogen-bond donors (Lipinski definition) is 0. The van der Waals surface area contributed by atoms with Crippen molar-refractivity contribution in [2.24, 2.45) is 0 Å². The highest BCUT2D eigenvalue weighted by molar-refractivity contribution is 8.00. The zero-order valence-electron chi connectivity index (χ0n) is 9.73. The van der Waals surface area contributed by atoms with E-state index in [1.54, 1.807) is 6.07 Å². The summed E-state index contributed by atoms with van der Waals surface area (Å²) in [5, 5.41) is 0.680. The summed E-state index contributed by atoms with van der Waals surface area (Å²) in [5.41, 5.74) is 0. The van der Waals surface area contributed by atoms with Crippen molar-refractivity contribution >= 4 is 23.4 Å². The predicted molar refractivity (Wildman–Crippen MR) is 67.5 cm³/mol. The van der Waals surface area contributed by atoms with Gasteiger partial charge in [-0.3, -0.25) is 4.79 Å². The first-order chi connectivity index (χ1) is 7.70. The average molecular weight is 239 g/mol. The Morgan fingerprint density at radius 3 is 3.06 bits per heavy atom. The van der Waals surface area contributed by atoms with Crippen molar-refractivity contribution < 1.29 is 9.21 Å². The van der Waals surface area contributed by atoms with Crippen LogP contribution in [0.5, 0.6) is 0 Å². The number of rotatable bonds is 3. The molecule has 1 atom stereocenters. The number of carbonyl (C=O) groups is 1. The molecule has 0 bridgehead atoms. The van der Waals surface area contributed by atoms with E-state index in [4.69, 9.17) is 4.42 Å². The molecule has 2 heterocycles. The van der Waals surface area contributed by atoms with Crippen LogP contribution in [0, 0.1) is 0 Å². The Balaban J connectivity index is 2.08. The van der Waals surface area contributed by atoms with Gasteiger partial charge in [0.25, 0.3) is 0 Å². The molecule has 2 rings (SSSR count). The zero-order valence-corrected chi connectivity index (χ0v) is 10.5. The van der Waals surface area contributed by atoms with Gasteiger partial charge in [0, 0.05) is 37.1 Å². The highest BCUT2D eigenvalue weighted by atomic mass is 32.2. The largest absolute Gasteiger partial charge is 0.437 e. The summed E-state index contributed by atoms with van der Waals surface area (Å²) in [6, 6.07) is 3.67. The van der Waals surface area contributed by atoms with E-state index >= 15 is 0 Å². The molecule has 4 heteroatoms. The zero-order chi connectivity index (χ0) is 11.5. The molecule has 0 amide bonds. The fraction of sp³-hybridized carbons (Fsp3) is 0.583. The lowest BCUT2D eigenvalue weighted by molar-refractivity contribution is 0.0988. The summed E-state index contributed by atoms with van der Waals surface area (Å²) in [7, 11) is 0. The normalized spacial score (nSPS) is 21.1. The fourth-order valence-electron chi connectivity index (χ4n) is 1.85. The summed E-state index contributed by atoms with van der Waals surface area (Å²) < 4.78 is 5.54. The topological polar surface area (TPSA) is 33.5 Å². The maximum absolute atomic E-state index is 11.1. The van der Waals surface area contributed by atoms with Gasteiger partial charge in [0.15, 0.2) is 17.4 Å². The van der Waals surface area contributed by atoms with Gasteiger partial charge in [-0.15, -0.1) is 0 Å².